The molecule has 0 aliphatic rings. The minimum Gasteiger partial charge on any atom is -0.326 e. The Hall–Kier alpha value is -1.81. The highest BCUT2D eigenvalue weighted by molar-refractivity contribution is 6.20. The first-order chi connectivity index (χ1) is 9.87. The number of carbonyl (C=O) groups is 1. The Bertz CT molecular complexity index is 735. The van der Waals surface area contributed by atoms with Crippen LogP contribution in [0.3, 0.4) is 0 Å². The minimum atomic E-state index is -0.644. The molecule has 0 aliphatic carbocycles. The van der Waals surface area contributed by atoms with Gasteiger partial charge in [-0.3, -0.25) is 9.59 Å². The summed E-state index contributed by atoms with van der Waals surface area (Å²) in [6.07, 6.45) is 0.783. The maximum absolute atomic E-state index is 12.1. The summed E-state index contributed by atoms with van der Waals surface area (Å²) in [4.78, 5) is 26.6. The molecule has 1 amide bonds. The van der Waals surface area contributed by atoms with Crippen molar-refractivity contribution in [2.24, 2.45) is 5.41 Å². The zero-order valence-electron chi connectivity index (χ0n) is 12.4. The van der Waals surface area contributed by atoms with Gasteiger partial charge in [0.25, 0.3) is 0 Å². The molecule has 2 rings (SSSR count). The molecule has 1 heterocycles. The highest BCUT2D eigenvalue weighted by Gasteiger charge is 2.26. The molecule has 0 unspecified atom stereocenters. The van der Waals surface area contributed by atoms with E-state index in [2.05, 4.69) is 10.3 Å². The van der Waals surface area contributed by atoms with Crippen LogP contribution in [0.5, 0.6) is 0 Å². The first-order valence-corrected chi connectivity index (χ1v) is 7.44. The van der Waals surface area contributed by atoms with Gasteiger partial charge < -0.3 is 10.3 Å². The number of H-pyrrole nitrogens is 1. The molecule has 2 aromatic rings. The van der Waals surface area contributed by atoms with E-state index in [1.54, 1.807) is 26.0 Å². The Labute approximate surface area is 128 Å². The van der Waals surface area contributed by atoms with Gasteiger partial charge in [-0.25, -0.2) is 0 Å². The van der Waals surface area contributed by atoms with Gasteiger partial charge in [0.05, 0.1) is 10.9 Å². The number of nitrogens with one attached hydrogen (secondary N) is 2. The van der Waals surface area contributed by atoms with Crippen molar-refractivity contribution in [2.75, 3.05) is 11.2 Å². The van der Waals surface area contributed by atoms with E-state index in [9.17, 15) is 9.59 Å². The number of anilines is 1. The summed E-state index contributed by atoms with van der Waals surface area (Å²) in [7, 11) is 0. The van der Waals surface area contributed by atoms with Crippen molar-refractivity contribution in [3.05, 3.63) is 40.2 Å². The number of benzene rings is 1. The summed E-state index contributed by atoms with van der Waals surface area (Å²) >= 11 is 5.80. The predicted octanol–water partition coefficient (Wildman–Crippen LogP) is 3.29. The third-order valence-electron chi connectivity index (χ3n) is 3.52. The van der Waals surface area contributed by atoms with Crippen LogP contribution >= 0.6 is 11.6 Å². The Kier molecular flexibility index (Phi) is 4.37. The summed E-state index contributed by atoms with van der Waals surface area (Å²) in [5.41, 5.74) is 1.59. The van der Waals surface area contributed by atoms with Gasteiger partial charge >= 0.3 is 0 Å². The summed E-state index contributed by atoms with van der Waals surface area (Å²) in [5, 5.41) is 3.83. The fraction of sp³-hybridized carbons (Fsp3) is 0.375. The van der Waals surface area contributed by atoms with E-state index in [1.165, 1.54) is 0 Å². The first-order valence-electron chi connectivity index (χ1n) is 6.91. The van der Waals surface area contributed by atoms with Gasteiger partial charge in [0, 0.05) is 23.0 Å². The van der Waals surface area contributed by atoms with Gasteiger partial charge in [-0.1, -0.05) is 13.0 Å². The highest BCUT2D eigenvalue weighted by Crippen LogP contribution is 2.23. The molecule has 0 radical (unpaired) electrons. The Balaban J connectivity index is 2.40. The lowest BCUT2D eigenvalue weighted by atomic mass is 9.95. The van der Waals surface area contributed by atoms with Crippen molar-refractivity contribution in [2.45, 2.75) is 27.2 Å². The molecule has 0 saturated heterocycles. The molecule has 21 heavy (non-hydrogen) atoms. The molecular formula is C16H19ClN2O2. The van der Waals surface area contributed by atoms with Crippen LogP contribution in [-0.2, 0) is 11.2 Å². The Morgan fingerprint density at radius 3 is 2.67 bits per heavy atom. The molecule has 0 spiro atoms. The number of hydrogen-bond donors (Lipinski definition) is 2. The average Bonchev–Trinajstić information content (AvgIpc) is 2.45. The predicted molar refractivity (Wildman–Crippen MR) is 87.1 cm³/mol. The van der Waals surface area contributed by atoms with Crippen molar-refractivity contribution < 1.29 is 4.79 Å². The second kappa shape index (κ2) is 5.90. The standard InChI is InChI=1S/C16H19ClN2O2/c1-4-10-7-14(20)19-13-8-11(5-6-12(10)13)18-15(21)16(2,3)9-17/h5-8H,4,9H2,1-3H3,(H,18,21)(H,19,20). The number of carbonyl (C=O) groups excluding carboxylic acids is 1. The van der Waals surface area contributed by atoms with Gasteiger partial charge in [0.1, 0.15) is 0 Å². The van der Waals surface area contributed by atoms with Crippen LogP contribution in [0.25, 0.3) is 10.9 Å². The molecule has 0 bridgehead atoms. The second-order valence-electron chi connectivity index (χ2n) is 5.74. The normalized spacial score (nSPS) is 11.6. The number of fused-ring (bicyclic) bond motifs is 1. The van der Waals surface area contributed by atoms with Gasteiger partial charge in [-0.2, -0.15) is 0 Å². The lowest BCUT2D eigenvalue weighted by Gasteiger charge is -2.20. The van der Waals surface area contributed by atoms with Crippen LogP contribution in [0.2, 0.25) is 0 Å². The van der Waals surface area contributed by atoms with Crippen molar-refractivity contribution >= 4 is 34.1 Å². The third-order valence-corrected chi connectivity index (χ3v) is 4.18. The van der Waals surface area contributed by atoms with Crippen LogP contribution in [-0.4, -0.2) is 16.8 Å². The molecule has 4 nitrogen and oxygen atoms in total. The van der Waals surface area contributed by atoms with E-state index in [0.29, 0.717) is 5.69 Å². The lowest BCUT2D eigenvalue weighted by molar-refractivity contribution is -0.122. The topological polar surface area (TPSA) is 62.0 Å². The third kappa shape index (κ3) is 3.27. The number of aromatic amines is 1. The Morgan fingerprint density at radius 2 is 2.05 bits per heavy atom. The van der Waals surface area contributed by atoms with Gasteiger partial charge in [-0.15, -0.1) is 11.6 Å². The first kappa shape index (κ1) is 15.6. The second-order valence-corrected chi connectivity index (χ2v) is 6.01. The van der Waals surface area contributed by atoms with Crippen LogP contribution in [0.4, 0.5) is 5.69 Å². The minimum absolute atomic E-state index is 0.135. The number of hydrogen-bond acceptors (Lipinski definition) is 2. The molecule has 0 atom stereocenters. The molecule has 112 valence electrons. The number of aromatic nitrogens is 1. The van der Waals surface area contributed by atoms with Crippen LogP contribution < -0.4 is 10.9 Å². The molecule has 0 saturated carbocycles. The zero-order chi connectivity index (χ0) is 15.6. The monoisotopic (exact) mass is 306 g/mol. The summed E-state index contributed by atoms with van der Waals surface area (Å²) < 4.78 is 0. The van der Waals surface area contributed by atoms with E-state index < -0.39 is 5.41 Å². The van der Waals surface area contributed by atoms with Gasteiger partial charge in [-0.05, 0) is 38.0 Å². The fourth-order valence-corrected chi connectivity index (χ4v) is 2.19. The Morgan fingerprint density at radius 1 is 1.33 bits per heavy atom. The molecule has 2 N–H and O–H groups in total. The smallest absolute Gasteiger partial charge is 0.248 e. The molecule has 0 aliphatic heterocycles. The molecule has 1 aromatic carbocycles. The van der Waals surface area contributed by atoms with Crippen LogP contribution in [0, 0.1) is 5.41 Å². The van der Waals surface area contributed by atoms with E-state index in [1.807, 2.05) is 19.1 Å². The number of rotatable bonds is 4. The molecule has 0 fully saturated rings. The van der Waals surface area contributed by atoms with Gasteiger partial charge in [0.15, 0.2) is 0 Å². The van der Waals surface area contributed by atoms with E-state index in [4.69, 9.17) is 11.6 Å². The quantitative estimate of drug-likeness (QED) is 0.851. The summed E-state index contributed by atoms with van der Waals surface area (Å²) in [6, 6.07) is 7.13. The number of halogens is 1. The lowest BCUT2D eigenvalue weighted by Crippen LogP contribution is -2.32. The molecular weight excluding hydrogens is 288 g/mol. The summed E-state index contributed by atoms with van der Waals surface area (Å²) in [5.74, 6) is 0.0919. The largest absolute Gasteiger partial charge is 0.326 e. The maximum atomic E-state index is 12.1. The number of aryl methyl sites for hydroxylation is 1. The zero-order valence-corrected chi connectivity index (χ0v) is 13.2. The fourth-order valence-electron chi connectivity index (χ4n) is 2.06. The number of amides is 1. The summed E-state index contributed by atoms with van der Waals surface area (Å²) in [6.45, 7) is 5.58. The highest BCUT2D eigenvalue weighted by atomic mass is 35.5. The average molecular weight is 307 g/mol. The van der Waals surface area contributed by atoms with Gasteiger partial charge in [0.2, 0.25) is 11.5 Å². The maximum Gasteiger partial charge on any atom is 0.248 e. The SMILES string of the molecule is CCc1cc(=O)[nH]c2cc(NC(=O)C(C)(C)CCl)ccc12. The molecule has 1 aromatic heterocycles. The van der Waals surface area contributed by atoms with E-state index >= 15 is 0 Å². The number of pyridine rings is 1. The van der Waals surface area contributed by atoms with Crippen molar-refractivity contribution in [1.29, 1.82) is 0 Å². The van der Waals surface area contributed by atoms with Crippen LogP contribution in [0.15, 0.2) is 29.1 Å². The van der Waals surface area contributed by atoms with Crippen molar-refractivity contribution in [3.8, 4) is 0 Å². The van der Waals surface area contributed by atoms with Crippen molar-refractivity contribution in [1.82, 2.24) is 4.98 Å². The number of alkyl halides is 1. The van der Waals surface area contributed by atoms with Crippen LogP contribution in [0.1, 0.15) is 26.3 Å². The van der Waals surface area contributed by atoms with E-state index in [0.717, 1.165) is 22.9 Å². The van der Waals surface area contributed by atoms with E-state index in [-0.39, 0.29) is 17.3 Å². The molecule has 5 heteroatoms. The van der Waals surface area contributed by atoms with Crippen molar-refractivity contribution in [3.63, 3.8) is 0 Å².